The molecule has 0 saturated carbocycles. The van der Waals surface area contributed by atoms with Gasteiger partial charge in [-0.1, -0.05) is 26.3 Å². The van der Waals surface area contributed by atoms with Gasteiger partial charge in [-0.3, -0.25) is 0 Å². The molecule has 0 amide bonds. The molecule has 96 valence electrons. The van der Waals surface area contributed by atoms with Gasteiger partial charge < -0.3 is 5.32 Å². The minimum Gasteiger partial charge on any atom is -0.314 e. The van der Waals surface area contributed by atoms with E-state index in [0.717, 1.165) is 37.8 Å². The fourth-order valence-electron chi connectivity index (χ4n) is 1.92. The van der Waals surface area contributed by atoms with E-state index in [4.69, 9.17) is 0 Å². The van der Waals surface area contributed by atoms with E-state index in [2.05, 4.69) is 19.2 Å². The summed E-state index contributed by atoms with van der Waals surface area (Å²) in [5.74, 6) is -1.53. The summed E-state index contributed by atoms with van der Waals surface area (Å²) < 4.78 is 25.9. The third kappa shape index (κ3) is 4.82. The van der Waals surface area contributed by atoms with E-state index in [9.17, 15) is 8.78 Å². The molecule has 0 aliphatic carbocycles. The molecule has 3 heteroatoms. The standard InChI is InChI=1S/C14H21F2N/c1-3-5-12(17-8-4-2)9-11-6-7-13(15)14(16)10-11/h6-7,10,12,17H,3-5,8-9H2,1-2H3. The van der Waals surface area contributed by atoms with Gasteiger partial charge in [-0.25, -0.2) is 8.78 Å². The van der Waals surface area contributed by atoms with E-state index in [0.29, 0.717) is 6.04 Å². The van der Waals surface area contributed by atoms with Crippen molar-refractivity contribution in [2.75, 3.05) is 6.54 Å². The van der Waals surface area contributed by atoms with Gasteiger partial charge in [-0.2, -0.15) is 0 Å². The molecule has 1 aromatic carbocycles. The summed E-state index contributed by atoms with van der Waals surface area (Å²) in [6, 6.07) is 4.51. The maximum absolute atomic E-state index is 13.1. The van der Waals surface area contributed by atoms with Crippen LogP contribution in [0.3, 0.4) is 0 Å². The monoisotopic (exact) mass is 241 g/mol. The lowest BCUT2D eigenvalue weighted by Gasteiger charge is -2.17. The summed E-state index contributed by atoms with van der Waals surface area (Å²) in [5.41, 5.74) is 0.853. The zero-order chi connectivity index (χ0) is 12.7. The number of rotatable bonds is 7. The molecule has 0 heterocycles. The molecule has 1 atom stereocenters. The summed E-state index contributed by atoms with van der Waals surface area (Å²) in [7, 11) is 0. The van der Waals surface area contributed by atoms with Crippen molar-refractivity contribution in [3.63, 3.8) is 0 Å². The van der Waals surface area contributed by atoms with E-state index in [1.54, 1.807) is 6.07 Å². The first-order valence-corrected chi connectivity index (χ1v) is 6.34. The third-order valence-corrected chi connectivity index (χ3v) is 2.79. The van der Waals surface area contributed by atoms with Crippen LogP contribution in [0.1, 0.15) is 38.7 Å². The highest BCUT2D eigenvalue weighted by atomic mass is 19.2. The number of nitrogens with one attached hydrogen (secondary N) is 1. The highest BCUT2D eigenvalue weighted by Crippen LogP contribution is 2.12. The zero-order valence-electron chi connectivity index (χ0n) is 10.6. The van der Waals surface area contributed by atoms with Crippen molar-refractivity contribution < 1.29 is 8.78 Å². The first kappa shape index (κ1) is 14.1. The van der Waals surface area contributed by atoms with Gasteiger partial charge in [0.05, 0.1) is 0 Å². The maximum atomic E-state index is 13.1. The van der Waals surface area contributed by atoms with Crippen molar-refractivity contribution >= 4 is 0 Å². The van der Waals surface area contributed by atoms with Crippen LogP contribution in [-0.2, 0) is 6.42 Å². The Morgan fingerprint density at radius 3 is 2.47 bits per heavy atom. The third-order valence-electron chi connectivity index (χ3n) is 2.79. The van der Waals surface area contributed by atoms with Crippen LogP contribution in [0.25, 0.3) is 0 Å². The smallest absolute Gasteiger partial charge is 0.159 e. The van der Waals surface area contributed by atoms with Gasteiger partial charge in [0.15, 0.2) is 11.6 Å². The van der Waals surface area contributed by atoms with Gasteiger partial charge in [0, 0.05) is 6.04 Å². The molecule has 0 radical (unpaired) electrons. The Bertz CT molecular complexity index is 339. The van der Waals surface area contributed by atoms with Crippen molar-refractivity contribution in [3.8, 4) is 0 Å². The Labute approximate surface area is 102 Å². The van der Waals surface area contributed by atoms with Crippen molar-refractivity contribution in [2.24, 2.45) is 0 Å². The SMILES string of the molecule is CCCNC(CCC)Cc1ccc(F)c(F)c1. The molecule has 1 rings (SSSR count). The summed E-state index contributed by atoms with van der Waals surface area (Å²) in [6.45, 7) is 5.22. The van der Waals surface area contributed by atoms with Crippen molar-refractivity contribution in [2.45, 2.75) is 45.6 Å². The van der Waals surface area contributed by atoms with E-state index in [1.165, 1.54) is 12.1 Å². The molecule has 1 N–H and O–H groups in total. The van der Waals surface area contributed by atoms with Gasteiger partial charge in [-0.05, 0) is 43.5 Å². The number of hydrogen-bond acceptors (Lipinski definition) is 1. The highest BCUT2D eigenvalue weighted by molar-refractivity contribution is 5.18. The fourth-order valence-corrected chi connectivity index (χ4v) is 1.92. The molecule has 1 aromatic rings. The Kier molecular flexibility index (Phi) is 6.12. The molecule has 1 unspecified atom stereocenters. The van der Waals surface area contributed by atoms with Crippen LogP contribution in [0.5, 0.6) is 0 Å². The first-order valence-electron chi connectivity index (χ1n) is 6.34. The predicted molar refractivity (Wildman–Crippen MR) is 67.1 cm³/mol. The van der Waals surface area contributed by atoms with Crippen molar-refractivity contribution in [3.05, 3.63) is 35.4 Å². The average molecular weight is 241 g/mol. The van der Waals surface area contributed by atoms with Gasteiger partial charge in [0.2, 0.25) is 0 Å². The van der Waals surface area contributed by atoms with Gasteiger partial charge in [0.25, 0.3) is 0 Å². The van der Waals surface area contributed by atoms with Crippen LogP contribution in [0.15, 0.2) is 18.2 Å². The lowest BCUT2D eigenvalue weighted by molar-refractivity contribution is 0.468. The molecule has 0 saturated heterocycles. The largest absolute Gasteiger partial charge is 0.314 e. The summed E-state index contributed by atoms with van der Waals surface area (Å²) in [4.78, 5) is 0. The van der Waals surface area contributed by atoms with Crippen LogP contribution in [0.2, 0.25) is 0 Å². The molecule has 0 bridgehead atoms. The van der Waals surface area contributed by atoms with Gasteiger partial charge in [0.1, 0.15) is 0 Å². The minimum absolute atomic E-state index is 0.352. The van der Waals surface area contributed by atoms with Crippen LogP contribution < -0.4 is 5.32 Å². The normalized spacial score (nSPS) is 12.7. The molecule has 0 aliphatic heterocycles. The lowest BCUT2D eigenvalue weighted by Crippen LogP contribution is -2.31. The molecule has 0 aromatic heterocycles. The second kappa shape index (κ2) is 7.38. The Balaban J connectivity index is 2.61. The van der Waals surface area contributed by atoms with Crippen molar-refractivity contribution in [1.82, 2.24) is 5.32 Å². The zero-order valence-corrected chi connectivity index (χ0v) is 10.6. The molecular weight excluding hydrogens is 220 g/mol. The maximum Gasteiger partial charge on any atom is 0.159 e. The quantitative estimate of drug-likeness (QED) is 0.768. The summed E-state index contributed by atoms with van der Waals surface area (Å²) in [6.07, 6.45) is 3.98. The Morgan fingerprint density at radius 2 is 1.88 bits per heavy atom. The van der Waals surface area contributed by atoms with Crippen LogP contribution >= 0.6 is 0 Å². The predicted octanol–water partition coefficient (Wildman–Crippen LogP) is 3.68. The molecule has 0 aliphatic rings. The molecule has 1 nitrogen and oxygen atoms in total. The number of halogens is 2. The van der Waals surface area contributed by atoms with Crippen LogP contribution in [0, 0.1) is 11.6 Å². The molecule has 0 fully saturated rings. The second-order valence-corrected chi connectivity index (χ2v) is 4.39. The van der Waals surface area contributed by atoms with E-state index >= 15 is 0 Å². The minimum atomic E-state index is -0.776. The number of benzene rings is 1. The first-order chi connectivity index (χ1) is 8.17. The summed E-state index contributed by atoms with van der Waals surface area (Å²) in [5, 5.41) is 3.44. The topological polar surface area (TPSA) is 12.0 Å². The highest BCUT2D eigenvalue weighted by Gasteiger charge is 2.09. The Hall–Kier alpha value is -0.960. The van der Waals surface area contributed by atoms with Crippen LogP contribution in [0.4, 0.5) is 8.78 Å². The number of hydrogen-bond donors (Lipinski definition) is 1. The molecule has 0 spiro atoms. The van der Waals surface area contributed by atoms with E-state index in [1.807, 2.05) is 0 Å². The fraction of sp³-hybridized carbons (Fsp3) is 0.571. The van der Waals surface area contributed by atoms with E-state index in [-0.39, 0.29) is 0 Å². The van der Waals surface area contributed by atoms with Gasteiger partial charge in [-0.15, -0.1) is 0 Å². The Morgan fingerprint density at radius 1 is 1.12 bits per heavy atom. The van der Waals surface area contributed by atoms with Gasteiger partial charge >= 0.3 is 0 Å². The van der Waals surface area contributed by atoms with Crippen LogP contribution in [-0.4, -0.2) is 12.6 Å². The van der Waals surface area contributed by atoms with E-state index < -0.39 is 11.6 Å². The average Bonchev–Trinajstić information content (AvgIpc) is 2.31. The summed E-state index contributed by atoms with van der Waals surface area (Å²) >= 11 is 0. The lowest BCUT2D eigenvalue weighted by atomic mass is 10.0. The van der Waals surface area contributed by atoms with Crippen molar-refractivity contribution in [1.29, 1.82) is 0 Å². The molecular formula is C14H21F2N. The molecule has 17 heavy (non-hydrogen) atoms. The second-order valence-electron chi connectivity index (χ2n) is 4.39.